The van der Waals surface area contributed by atoms with Crippen molar-refractivity contribution in [1.29, 1.82) is 0 Å². The average molecular weight is 372 g/mol. The highest BCUT2D eigenvalue weighted by Gasteiger charge is 2.25. The minimum absolute atomic E-state index is 0.0893. The van der Waals surface area contributed by atoms with E-state index >= 15 is 0 Å². The highest BCUT2D eigenvalue weighted by molar-refractivity contribution is 6.30. The standard InChI is InChI=1S/C21H26ClN3O/c1-16-4-3-5-18(14-16)15-23-21(26)17(2)24-10-12-25(13-11-24)20-8-6-19(22)7-9-20/h3-9,14,17H,10-13,15H2,1-2H3,(H,23,26)/t17-/m1/s1. The summed E-state index contributed by atoms with van der Waals surface area (Å²) in [5.41, 5.74) is 3.53. The molecule has 2 aromatic carbocycles. The van der Waals surface area contributed by atoms with Crippen LogP contribution in [0.2, 0.25) is 5.02 Å². The van der Waals surface area contributed by atoms with Crippen molar-refractivity contribution in [3.05, 3.63) is 64.7 Å². The number of nitrogens with zero attached hydrogens (tertiary/aromatic N) is 2. The summed E-state index contributed by atoms with van der Waals surface area (Å²) in [5.74, 6) is 0.0893. The Morgan fingerprint density at radius 1 is 1.12 bits per heavy atom. The van der Waals surface area contributed by atoms with E-state index in [1.807, 2.05) is 31.2 Å². The molecule has 1 amide bonds. The molecule has 1 N–H and O–H groups in total. The average Bonchev–Trinajstić information content (AvgIpc) is 2.66. The maximum Gasteiger partial charge on any atom is 0.237 e. The van der Waals surface area contributed by atoms with Gasteiger partial charge in [-0.25, -0.2) is 0 Å². The van der Waals surface area contributed by atoms with E-state index < -0.39 is 0 Å². The second kappa shape index (κ2) is 8.56. The van der Waals surface area contributed by atoms with E-state index in [0.717, 1.165) is 36.8 Å². The summed E-state index contributed by atoms with van der Waals surface area (Å²) in [7, 11) is 0. The number of benzene rings is 2. The van der Waals surface area contributed by atoms with E-state index in [1.165, 1.54) is 11.3 Å². The SMILES string of the molecule is Cc1cccc(CNC(=O)[C@@H](C)N2CCN(c3ccc(Cl)cc3)CC2)c1. The first-order chi connectivity index (χ1) is 12.5. The first-order valence-corrected chi connectivity index (χ1v) is 9.48. The van der Waals surface area contributed by atoms with Gasteiger partial charge in [0, 0.05) is 43.4 Å². The molecule has 0 unspecified atom stereocenters. The molecule has 0 bridgehead atoms. The molecule has 5 heteroatoms. The van der Waals surface area contributed by atoms with Crippen molar-refractivity contribution in [2.24, 2.45) is 0 Å². The first-order valence-electron chi connectivity index (χ1n) is 9.11. The summed E-state index contributed by atoms with van der Waals surface area (Å²) >= 11 is 5.96. The van der Waals surface area contributed by atoms with Gasteiger partial charge in [-0.2, -0.15) is 0 Å². The quantitative estimate of drug-likeness (QED) is 0.874. The Morgan fingerprint density at radius 3 is 2.46 bits per heavy atom. The Labute approximate surface area is 160 Å². The fraction of sp³-hybridized carbons (Fsp3) is 0.381. The molecule has 2 aromatic rings. The van der Waals surface area contributed by atoms with Crippen LogP contribution in [-0.4, -0.2) is 43.0 Å². The summed E-state index contributed by atoms with van der Waals surface area (Å²) in [5, 5.41) is 3.82. The summed E-state index contributed by atoms with van der Waals surface area (Å²) in [6, 6.07) is 16.1. The lowest BCUT2D eigenvalue weighted by Crippen LogP contribution is -2.53. The van der Waals surface area contributed by atoms with Crippen LogP contribution in [-0.2, 0) is 11.3 Å². The number of aryl methyl sites for hydroxylation is 1. The van der Waals surface area contributed by atoms with Crippen LogP contribution in [0.25, 0.3) is 0 Å². The molecule has 1 heterocycles. The zero-order chi connectivity index (χ0) is 18.5. The molecule has 0 aliphatic carbocycles. The first kappa shape index (κ1) is 18.7. The number of hydrogen-bond acceptors (Lipinski definition) is 3. The molecule has 0 aromatic heterocycles. The van der Waals surface area contributed by atoms with Crippen molar-refractivity contribution >= 4 is 23.2 Å². The minimum atomic E-state index is -0.118. The van der Waals surface area contributed by atoms with E-state index in [4.69, 9.17) is 11.6 Å². The van der Waals surface area contributed by atoms with E-state index in [9.17, 15) is 4.79 Å². The maximum atomic E-state index is 12.5. The molecule has 26 heavy (non-hydrogen) atoms. The van der Waals surface area contributed by atoms with Crippen molar-refractivity contribution in [1.82, 2.24) is 10.2 Å². The summed E-state index contributed by atoms with van der Waals surface area (Å²) < 4.78 is 0. The third-order valence-electron chi connectivity index (χ3n) is 4.98. The van der Waals surface area contributed by atoms with E-state index in [0.29, 0.717) is 6.54 Å². The molecule has 3 rings (SSSR count). The Balaban J connectivity index is 1.48. The van der Waals surface area contributed by atoms with Gasteiger partial charge in [-0.15, -0.1) is 0 Å². The number of piperazine rings is 1. The van der Waals surface area contributed by atoms with Crippen LogP contribution in [0.1, 0.15) is 18.1 Å². The monoisotopic (exact) mass is 371 g/mol. The lowest BCUT2D eigenvalue weighted by Gasteiger charge is -2.38. The van der Waals surface area contributed by atoms with Crippen molar-refractivity contribution in [2.45, 2.75) is 26.4 Å². The van der Waals surface area contributed by atoms with Crippen LogP contribution in [0.4, 0.5) is 5.69 Å². The summed E-state index contributed by atoms with van der Waals surface area (Å²) in [6.07, 6.45) is 0. The van der Waals surface area contributed by atoms with E-state index in [2.05, 4.69) is 46.3 Å². The predicted molar refractivity (Wildman–Crippen MR) is 108 cm³/mol. The van der Waals surface area contributed by atoms with Gasteiger partial charge >= 0.3 is 0 Å². The Bertz CT molecular complexity index is 739. The Kier molecular flexibility index (Phi) is 6.17. The van der Waals surface area contributed by atoms with Gasteiger partial charge in [-0.05, 0) is 43.7 Å². The van der Waals surface area contributed by atoms with Gasteiger partial charge in [0.1, 0.15) is 0 Å². The molecule has 1 fully saturated rings. The van der Waals surface area contributed by atoms with Crippen molar-refractivity contribution < 1.29 is 4.79 Å². The highest BCUT2D eigenvalue weighted by atomic mass is 35.5. The van der Waals surface area contributed by atoms with Crippen molar-refractivity contribution in [2.75, 3.05) is 31.1 Å². The number of carbonyl (C=O) groups excluding carboxylic acids is 1. The number of anilines is 1. The fourth-order valence-corrected chi connectivity index (χ4v) is 3.47. The van der Waals surface area contributed by atoms with E-state index in [-0.39, 0.29) is 11.9 Å². The molecule has 1 aliphatic heterocycles. The molecule has 1 atom stereocenters. The topological polar surface area (TPSA) is 35.6 Å². The maximum absolute atomic E-state index is 12.5. The predicted octanol–water partition coefficient (Wildman–Crippen LogP) is 3.48. The van der Waals surface area contributed by atoms with Gasteiger partial charge in [0.15, 0.2) is 0 Å². The lowest BCUT2D eigenvalue weighted by molar-refractivity contribution is -0.126. The van der Waals surface area contributed by atoms with Crippen LogP contribution in [0.3, 0.4) is 0 Å². The number of amides is 1. The third-order valence-corrected chi connectivity index (χ3v) is 5.23. The van der Waals surface area contributed by atoms with Gasteiger partial charge < -0.3 is 10.2 Å². The molecule has 138 valence electrons. The second-order valence-corrected chi connectivity index (χ2v) is 7.32. The summed E-state index contributed by atoms with van der Waals surface area (Å²) in [4.78, 5) is 17.1. The minimum Gasteiger partial charge on any atom is -0.369 e. The van der Waals surface area contributed by atoms with E-state index in [1.54, 1.807) is 0 Å². The second-order valence-electron chi connectivity index (χ2n) is 6.88. The number of hydrogen-bond donors (Lipinski definition) is 1. The van der Waals surface area contributed by atoms with Gasteiger partial charge in [0.25, 0.3) is 0 Å². The lowest BCUT2D eigenvalue weighted by atomic mass is 10.1. The van der Waals surface area contributed by atoms with Crippen molar-refractivity contribution in [3.63, 3.8) is 0 Å². The zero-order valence-electron chi connectivity index (χ0n) is 15.4. The van der Waals surface area contributed by atoms with Crippen LogP contribution in [0, 0.1) is 6.92 Å². The number of halogens is 1. The Morgan fingerprint density at radius 2 is 1.81 bits per heavy atom. The normalized spacial score (nSPS) is 16.3. The van der Waals surface area contributed by atoms with Gasteiger partial charge in [0.05, 0.1) is 6.04 Å². The molecule has 0 spiro atoms. The number of nitrogens with one attached hydrogen (secondary N) is 1. The fourth-order valence-electron chi connectivity index (χ4n) is 3.34. The van der Waals surface area contributed by atoms with Gasteiger partial charge in [-0.3, -0.25) is 9.69 Å². The molecule has 4 nitrogen and oxygen atoms in total. The van der Waals surface area contributed by atoms with Crippen LogP contribution >= 0.6 is 11.6 Å². The van der Waals surface area contributed by atoms with Gasteiger partial charge in [-0.1, -0.05) is 41.4 Å². The molecular weight excluding hydrogens is 346 g/mol. The van der Waals surface area contributed by atoms with Crippen LogP contribution in [0.15, 0.2) is 48.5 Å². The molecule has 0 radical (unpaired) electrons. The molecule has 1 aliphatic rings. The third kappa shape index (κ3) is 4.77. The number of carbonyl (C=O) groups is 1. The smallest absolute Gasteiger partial charge is 0.237 e. The zero-order valence-corrected chi connectivity index (χ0v) is 16.2. The Hall–Kier alpha value is -2.04. The van der Waals surface area contributed by atoms with Crippen LogP contribution in [0.5, 0.6) is 0 Å². The molecular formula is C21H26ClN3O. The molecule has 0 saturated carbocycles. The summed E-state index contributed by atoms with van der Waals surface area (Å²) in [6.45, 7) is 8.21. The van der Waals surface area contributed by atoms with Crippen molar-refractivity contribution in [3.8, 4) is 0 Å². The molecule has 1 saturated heterocycles. The number of rotatable bonds is 5. The highest BCUT2D eigenvalue weighted by Crippen LogP contribution is 2.20. The largest absolute Gasteiger partial charge is 0.369 e. The van der Waals surface area contributed by atoms with Crippen LogP contribution < -0.4 is 10.2 Å². The van der Waals surface area contributed by atoms with Gasteiger partial charge in [0.2, 0.25) is 5.91 Å².